The Morgan fingerprint density at radius 1 is 1.22 bits per heavy atom. The molecule has 1 aliphatic rings. The van der Waals surface area contributed by atoms with Crippen LogP contribution in [-0.4, -0.2) is 40.3 Å². The van der Waals surface area contributed by atoms with Crippen molar-refractivity contribution < 1.29 is 24.6 Å². The minimum Gasteiger partial charge on any atom is -0.493 e. The first kappa shape index (κ1) is 19.5. The molecule has 144 valence electrons. The number of aliphatic hydroxyl groups excluding tert-OH is 1. The number of aromatic nitrogens is 1. The number of pyridine rings is 1. The van der Waals surface area contributed by atoms with E-state index in [0.717, 1.165) is 6.42 Å². The molecule has 2 N–H and O–H groups in total. The van der Waals surface area contributed by atoms with Gasteiger partial charge in [-0.25, -0.2) is 4.99 Å². The second-order valence-electron chi connectivity index (χ2n) is 6.17. The fourth-order valence-corrected chi connectivity index (χ4v) is 3.42. The van der Waals surface area contributed by atoms with Gasteiger partial charge in [0, 0.05) is 12.0 Å². The summed E-state index contributed by atoms with van der Waals surface area (Å²) in [6.45, 7) is 0. The van der Waals surface area contributed by atoms with Crippen LogP contribution in [0.1, 0.15) is 29.6 Å². The Hall–Kier alpha value is -2.22. The number of rotatable bonds is 4. The highest BCUT2D eigenvalue weighted by molar-refractivity contribution is 6.34. The average Bonchev–Trinajstić information content (AvgIpc) is 3.02. The van der Waals surface area contributed by atoms with Gasteiger partial charge in [-0.05, 0) is 31.0 Å². The van der Waals surface area contributed by atoms with Gasteiger partial charge in [-0.2, -0.15) is 4.73 Å². The maximum absolute atomic E-state index is 12.6. The molecule has 1 fully saturated rings. The SMILES string of the molecule is COc1ccc(C(=O)N=c2c(Cl)cn(O)cc2Cl)cc1OC1CC[C@@H](O)C1. The number of aliphatic hydroxyl groups is 1. The van der Waals surface area contributed by atoms with Crippen molar-refractivity contribution in [1.82, 2.24) is 4.73 Å². The third-order valence-electron chi connectivity index (χ3n) is 4.22. The number of ether oxygens (including phenoxy) is 2. The largest absolute Gasteiger partial charge is 0.493 e. The van der Waals surface area contributed by atoms with E-state index >= 15 is 0 Å². The minimum atomic E-state index is -0.576. The van der Waals surface area contributed by atoms with Gasteiger partial charge in [0.05, 0.1) is 35.7 Å². The van der Waals surface area contributed by atoms with Crippen LogP contribution in [0.25, 0.3) is 0 Å². The molecule has 0 radical (unpaired) electrons. The Kier molecular flexibility index (Phi) is 5.94. The predicted molar refractivity (Wildman–Crippen MR) is 98.8 cm³/mol. The van der Waals surface area contributed by atoms with Crippen LogP contribution in [0.2, 0.25) is 10.0 Å². The summed E-state index contributed by atoms with van der Waals surface area (Å²) in [6, 6.07) is 4.70. The molecule has 7 nitrogen and oxygen atoms in total. The van der Waals surface area contributed by atoms with Crippen LogP contribution in [0.3, 0.4) is 0 Å². The first-order valence-electron chi connectivity index (χ1n) is 8.25. The number of benzene rings is 1. The summed E-state index contributed by atoms with van der Waals surface area (Å²) in [6.07, 6.45) is 3.76. The van der Waals surface area contributed by atoms with Gasteiger partial charge in [-0.15, -0.1) is 0 Å². The third kappa shape index (κ3) is 4.55. The summed E-state index contributed by atoms with van der Waals surface area (Å²) in [5.41, 5.74) is 0.261. The third-order valence-corrected chi connectivity index (χ3v) is 4.77. The lowest BCUT2D eigenvalue weighted by Crippen LogP contribution is -2.15. The summed E-state index contributed by atoms with van der Waals surface area (Å²) in [5.74, 6) is 0.301. The minimum absolute atomic E-state index is 0.0308. The highest BCUT2D eigenvalue weighted by atomic mass is 35.5. The molecule has 1 amide bonds. The molecular weight excluding hydrogens is 395 g/mol. The second-order valence-corrected chi connectivity index (χ2v) is 6.99. The van der Waals surface area contributed by atoms with Crippen LogP contribution in [0, 0.1) is 0 Å². The van der Waals surface area contributed by atoms with Crippen LogP contribution < -0.4 is 14.8 Å². The summed E-state index contributed by atoms with van der Waals surface area (Å²) < 4.78 is 11.9. The van der Waals surface area contributed by atoms with Crippen molar-refractivity contribution in [3.8, 4) is 11.5 Å². The molecular formula is C18H18Cl2N2O5. The van der Waals surface area contributed by atoms with Crippen LogP contribution >= 0.6 is 23.2 Å². The first-order valence-corrected chi connectivity index (χ1v) is 9.01. The molecule has 1 unspecified atom stereocenters. The number of amides is 1. The van der Waals surface area contributed by atoms with Gasteiger partial charge in [-0.1, -0.05) is 23.2 Å². The van der Waals surface area contributed by atoms with E-state index in [2.05, 4.69) is 4.99 Å². The number of hydrogen-bond acceptors (Lipinski definition) is 5. The summed E-state index contributed by atoms with van der Waals surface area (Å²) >= 11 is 12.0. The highest BCUT2D eigenvalue weighted by Gasteiger charge is 2.25. The molecule has 1 aromatic carbocycles. The van der Waals surface area contributed by atoms with E-state index in [4.69, 9.17) is 32.7 Å². The molecule has 0 spiro atoms. The van der Waals surface area contributed by atoms with Crippen LogP contribution in [-0.2, 0) is 0 Å². The van der Waals surface area contributed by atoms with E-state index in [1.54, 1.807) is 12.1 Å². The quantitative estimate of drug-likeness (QED) is 0.752. The predicted octanol–water partition coefficient (Wildman–Crippen LogP) is 3.07. The van der Waals surface area contributed by atoms with Crippen molar-refractivity contribution in [2.24, 2.45) is 4.99 Å². The Bertz CT molecular complexity index is 902. The Morgan fingerprint density at radius 3 is 2.52 bits per heavy atom. The summed E-state index contributed by atoms with van der Waals surface area (Å²) in [7, 11) is 1.51. The molecule has 0 aliphatic heterocycles. The van der Waals surface area contributed by atoms with E-state index in [9.17, 15) is 15.1 Å². The average molecular weight is 413 g/mol. The van der Waals surface area contributed by atoms with Crippen molar-refractivity contribution >= 4 is 29.1 Å². The lowest BCUT2D eigenvalue weighted by Gasteiger charge is -2.16. The monoisotopic (exact) mass is 412 g/mol. The molecule has 1 saturated carbocycles. The zero-order valence-electron chi connectivity index (χ0n) is 14.4. The van der Waals surface area contributed by atoms with Gasteiger partial charge in [0.15, 0.2) is 11.5 Å². The van der Waals surface area contributed by atoms with Crippen molar-refractivity contribution in [1.29, 1.82) is 0 Å². The van der Waals surface area contributed by atoms with Crippen LogP contribution in [0.5, 0.6) is 11.5 Å². The van der Waals surface area contributed by atoms with Gasteiger partial charge in [-0.3, -0.25) is 4.79 Å². The normalized spacial score (nSPS) is 19.0. The maximum Gasteiger partial charge on any atom is 0.277 e. The molecule has 1 aromatic heterocycles. The van der Waals surface area contributed by atoms with Gasteiger partial charge in [0.1, 0.15) is 11.5 Å². The topological polar surface area (TPSA) is 93.3 Å². The molecule has 27 heavy (non-hydrogen) atoms. The van der Waals surface area contributed by atoms with Crippen molar-refractivity contribution in [2.75, 3.05) is 7.11 Å². The Balaban J connectivity index is 1.91. The highest BCUT2D eigenvalue weighted by Crippen LogP contribution is 2.32. The lowest BCUT2D eigenvalue weighted by atomic mass is 10.2. The smallest absolute Gasteiger partial charge is 0.277 e. The zero-order valence-corrected chi connectivity index (χ0v) is 15.9. The molecule has 2 atom stereocenters. The molecule has 3 rings (SSSR count). The van der Waals surface area contributed by atoms with Crippen molar-refractivity contribution in [3.63, 3.8) is 0 Å². The Labute approximate surface area is 165 Å². The lowest BCUT2D eigenvalue weighted by molar-refractivity contribution is 0.0996. The summed E-state index contributed by atoms with van der Waals surface area (Å²) in [4.78, 5) is 16.5. The maximum atomic E-state index is 12.6. The van der Waals surface area contributed by atoms with E-state index < -0.39 is 5.91 Å². The molecule has 1 aliphatic carbocycles. The molecule has 0 saturated heterocycles. The number of carbonyl (C=O) groups excluding carboxylic acids is 1. The van der Waals surface area contributed by atoms with E-state index in [-0.39, 0.29) is 33.2 Å². The second kappa shape index (κ2) is 8.21. The summed E-state index contributed by atoms with van der Waals surface area (Å²) in [5, 5.41) is 19.2. The Morgan fingerprint density at radius 2 is 1.93 bits per heavy atom. The molecule has 0 bridgehead atoms. The number of nitrogens with zero attached hydrogens (tertiary/aromatic N) is 2. The number of hydrogen-bond donors (Lipinski definition) is 2. The van der Waals surface area contributed by atoms with Crippen LogP contribution in [0.4, 0.5) is 0 Å². The number of carbonyl (C=O) groups is 1. The number of methoxy groups -OCH3 is 1. The van der Waals surface area contributed by atoms with E-state index in [1.807, 2.05) is 0 Å². The van der Waals surface area contributed by atoms with Gasteiger partial charge in [0.2, 0.25) is 0 Å². The van der Waals surface area contributed by atoms with E-state index in [1.165, 1.54) is 25.6 Å². The van der Waals surface area contributed by atoms with Crippen molar-refractivity contribution in [3.05, 3.63) is 51.6 Å². The standard InChI is InChI=1S/C18H18Cl2N2O5/c1-26-15-5-2-10(6-16(15)27-12-4-3-11(23)7-12)18(24)21-17-13(19)8-22(25)9-14(17)20/h2,5-6,8-9,11-12,23,25H,3-4,7H2,1H3/t11-,12?/m1/s1. The first-order chi connectivity index (χ1) is 12.9. The fourth-order valence-electron chi connectivity index (χ4n) is 2.88. The molecule has 9 heteroatoms. The molecule has 2 aromatic rings. The number of halogens is 2. The van der Waals surface area contributed by atoms with Gasteiger partial charge >= 0.3 is 0 Å². The van der Waals surface area contributed by atoms with Crippen LogP contribution in [0.15, 0.2) is 35.6 Å². The van der Waals surface area contributed by atoms with E-state index in [0.29, 0.717) is 29.1 Å². The molecule has 1 heterocycles. The van der Waals surface area contributed by atoms with Gasteiger partial charge < -0.3 is 19.8 Å². The van der Waals surface area contributed by atoms with Crippen molar-refractivity contribution in [2.45, 2.75) is 31.5 Å². The zero-order chi connectivity index (χ0) is 19.6. The fraction of sp³-hybridized carbons (Fsp3) is 0.333. The van der Waals surface area contributed by atoms with Gasteiger partial charge in [0.25, 0.3) is 5.91 Å².